The van der Waals surface area contributed by atoms with Crippen molar-refractivity contribution in [3.63, 3.8) is 0 Å². The van der Waals surface area contributed by atoms with Crippen LogP contribution in [0.25, 0.3) is 22.0 Å². The first kappa shape index (κ1) is 18.9. The largest absolute Gasteiger partial charge is 0.456 e. The standard InChI is InChI=1S/C24H17N3O4/c28-22(17-10-9-16-11-15-5-1-2-6-18(15)20(16)12-17)14-31-23(29)13-27-24(30)19-7-3-4-8-21(19)25-26-27/h1-10,12H,11,13-14H2. The molecule has 0 N–H and O–H groups in total. The number of benzene rings is 3. The first-order chi connectivity index (χ1) is 15.1. The molecule has 0 amide bonds. The van der Waals surface area contributed by atoms with E-state index in [9.17, 15) is 14.4 Å². The average Bonchev–Trinajstić information content (AvgIpc) is 3.17. The van der Waals surface area contributed by atoms with Crippen molar-refractivity contribution in [2.45, 2.75) is 13.0 Å². The molecule has 1 heterocycles. The van der Waals surface area contributed by atoms with Gasteiger partial charge < -0.3 is 4.74 Å². The van der Waals surface area contributed by atoms with Crippen molar-refractivity contribution in [3.05, 3.63) is 93.8 Å². The van der Waals surface area contributed by atoms with Crippen LogP contribution < -0.4 is 5.56 Å². The van der Waals surface area contributed by atoms with E-state index in [1.54, 1.807) is 30.3 Å². The minimum absolute atomic E-state index is 0.308. The maximum absolute atomic E-state index is 12.6. The van der Waals surface area contributed by atoms with Crippen molar-refractivity contribution in [2.75, 3.05) is 6.61 Å². The van der Waals surface area contributed by atoms with Gasteiger partial charge in [-0.15, -0.1) is 5.10 Å². The quantitative estimate of drug-likeness (QED) is 0.326. The minimum Gasteiger partial charge on any atom is -0.456 e. The number of ether oxygens (including phenoxy) is 1. The second-order valence-electron chi connectivity index (χ2n) is 7.36. The van der Waals surface area contributed by atoms with Gasteiger partial charge in [-0.25, -0.2) is 0 Å². The first-order valence-corrected chi connectivity index (χ1v) is 9.83. The summed E-state index contributed by atoms with van der Waals surface area (Å²) in [5.74, 6) is -1.04. The molecule has 5 rings (SSSR count). The highest BCUT2D eigenvalue weighted by atomic mass is 16.5. The van der Waals surface area contributed by atoms with Gasteiger partial charge in [-0.05, 0) is 46.9 Å². The fourth-order valence-corrected chi connectivity index (χ4v) is 3.82. The molecule has 7 nitrogen and oxygen atoms in total. The van der Waals surface area contributed by atoms with Crippen LogP contribution in [0.2, 0.25) is 0 Å². The molecule has 0 saturated heterocycles. The van der Waals surface area contributed by atoms with E-state index < -0.39 is 24.7 Å². The third-order valence-electron chi connectivity index (χ3n) is 5.39. The van der Waals surface area contributed by atoms with Crippen LogP contribution >= 0.6 is 0 Å². The van der Waals surface area contributed by atoms with Crippen LogP contribution in [0, 0.1) is 0 Å². The van der Waals surface area contributed by atoms with Crippen LogP contribution in [0.1, 0.15) is 21.5 Å². The number of hydrogen-bond acceptors (Lipinski definition) is 6. The lowest BCUT2D eigenvalue weighted by atomic mass is 10.0. The monoisotopic (exact) mass is 411 g/mol. The van der Waals surface area contributed by atoms with E-state index >= 15 is 0 Å². The van der Waals surface area contributed by atoms with Crippen molar-refractivity contribution in [2.24, 2.45) is 0 Å². The molecule has 0 bridgehead atoms. The zero-order chi connectivity index (χ0) is 21.4. The molecule has 1 aromatic heterocycles. The minimum atomic E-state index is -0.730. The highest BCUT2D eigenvalue weighted by Gasteiger charge is 2.20. The molecule has 0 unspecified atom stereocenters. The smallest absolute Gasteiger partial charge is 0.328 e. The maximum atomic E-state index is 12.6. The first-order valence-electron chi connectivity index (χ1n) is 9.83. The van der Waals surface area contributed by atoms with Crippen LogP contribution in [0.3, 0.4) is 0 Å². The third kappa shape index (κ3) is 3.50. The molecule has 3 aromatic carbocycles. The Morgan fingerprint density at radius 2 is 1.71 bits per heavy atom. The number of aromatic nitrogens is 3. The summed E-state index contributed by atoms with van der Waals surface area (Å²) < 4.78 is 6.03. The van der Waals surface area contributed by atoms with Gasteiger partial charge >= 0.3 is 5.97 Å². The Kier molecular flexibility index (Phi) is 4.63. The zero-order valence-electron chi connectivity index (χ0n) is 16.4. The van der Waals surface area contributed by atoms with Gasteiger partial charge in [-0.3, -0.25) is 14.4 Å². The molecule has 152 valence electrons. The summed E-state index contributed by atoms with van der Waals surface area (Å²) in [6, 6.07) is 20.4. The number of rotatable bonds is 5. The van der Waals surface area contributed by atoms with Crippen molar-refractivity contribution >= 4 is 22.7 Å². The van der Waals surface area contributed by atoms with Gasteiger partial charge in [0.2, 0.25) is 0 Å². The predicted octanol–water partition coefficient (Wildman–Crippen LogP) is 2.79. The summed E-state index contributed by atoms with van der Waals surface area (Å²) in [5, 5.41) is 8.05. The summed E-state index contributed by atoms with van der Waals surface area (Å²) >= 11 is 0. The molecular weight excluding hydrogens is 394 g/mol. The summed E-state index contributed by atoms with van der Waals surface area (Å²) in [4.78, 5) is 37.2. The van der Waals surface area contributed by atoms with Gasteiger partial charge in [-0.1, -0.05) is 53.7 Å². The average molecular weight is 411 g/mol. The maximum Gasteiger partial charge on any atom is 0.328 e. The lowest BCUT2D eigenvalue weighted by Gasteiger charge is -2.07. The number of Topliss-reactive ketones (excluding diaryl/α,β-unsaturated/α-hetero) is 1. The lowest BCUT2D eigenvalue weighted by molar-refractivity contribution is -0.143. The van der Waals surface area contributed by atoms with Crippen LogP contribution in [-0.2, 0) is 22.5 Å². The molecule has 0 atom stereocenters. The fourth-order valence-electron chi connectivity index (χ4n) is 3.82. The van der Waals surface area contributed by atoms with Crippen molar-refractivity contribution in [3.8, 4) is 11.1 Å². The summed E-state index contributed by atoms with van der Waals surface area (Å²) in [7, 11) is 0. The second-order valence-corrected chi connectivity index (χ2v) is 7.36. The number of nitrogens with zero attached hydrogens (tertiary/aromatic N) is 3. The molecule has 1 aliphatic carbocycles. The molecule has 0 saturated carbocycles. The highest BCUT2D eigenvalue weighted by molar-refractivity contribution is 5.99. The van der Waals surface area contributed by atoms with Gasteiger partial charge in [0.25, 0.3) is 5.56 Å². The molecule has 0 radical (unpaired) electrons. The number of ketones is 1. The number of fused-ring (bicyclic) bond motifs is 4. The van der Waals surface area contributed by atoms with E-state index in [-0.39, 0.29) is 5.78 Å². The van der Waals surface area contributed by atoms with Crippen LogP contribution in [-0.4, -0.2) is 33.4 Å². The van der Waals surface area contributed by atoms with E-state index in [2.05, 4.69) is 16.4 Å². The lowest BCUT2D eigenvalue weighted by Crippen LogP contribution is -2.29. The Morgan fingerprint density at radius 1 is 0.935 bits per heavy atom. The fraction of sp³-hybridized carbons (Fsp3) is 0.125. The molecule has 4 aromatic rings. The van der Waals surface area contributed by atoms with E-state index in [1.165, 1.54) is 11.1 Å². The third-order valence-corrected chi connectivity index (χ3v) is 5.39. The van der Waals surface area contributed by atoms with Crippen molar-refractivity contribution in [1.29, 1.82) is 0 Å². The highest BCUT2D eigenvalue weighted by Crippen LogP contribution is 2.36. The number of carbonyl (C=O) groups excluding carboxylic acids is 2. The Balaban J connectivity index is 1.27. The van der Waals surface area contributed by atoms with Gasteiger partial charge in [0.15, 0.2) is 12.4 Å². The van der Waals surface area contributed by atoms with E-state index in [4.69, 9.17) is 4.74 Å². The molecule has 0 spiro atoms. The Morgan fingerprint density at radius 3 is 2.61 bits per heavy atom. The van der Waals surface area contributed by atoms with Crippen LogP contribution in [0.5, 0.6) is 0 Å². The normalized spacial score (nSPS) is 11.7. The van der Waals surface area contributed by atoms with Gasteiger partial charge in [0.1, 0.15) is 12.1 Å². The van der Waals surface area contributed by atoms with Gasteiger partial charge in [0.05, 0.1) is 5.39 Å². The molecule has 0 aliphatic heterocycles. The number of carbonyl (C=O) groups is 2. The van der Waals surface area contributed by atoms with Crippen molar-refractivity contribution < 1.29 is 14.3 Å². The van der Waals surface area contributed by atoms with Gasteiger partial charge in [-0.2, -0.15) is 4.68 Å². The Bertz CT molecular complexity index is 1410. The summed E-state index contributed by atoms with van der Waals surface area (Å²) in [6.45, 7) is -0.823. The molecule has 7 heteroatoms. The van der Waals surface area contributed by atoms with E-state index in [0.717, 1.165) is 22.2 Å². The predicted molar refractivity (Wildman–Crippen MR) is 114 cm³/mol. The Hall–Kier alpha value is -4.13. The van der Waals surface area contributed by atoms with E-state index in [1.807, 2.05) is 30.3 Å². The number of esters is 1. The number of hydrogen-bond donors (Lipinski definition) is 0. The van der Waals surface area contributed by atoms with Crippen LogP contribution in [0.4, 0.5) is 0 Å². The van der Waals surface area contributed by atoms with Crippen LogP contribution in [0.15, 0.2) is 71.5 Å². The Labute approximate surface area is 176 Å². The second kappa shape index (κ2) is 7.60. The topological polar surface area (TPSA) is 91.2 Å². The molecule has 31 heavy (non-hydrogen) atoms. The summed E-state index contributed by atoms with van der Waals surface area (Å²) in [5.41, 5.74) is 5.05. The van der Waals surface area contributed by atoms with Crippen molar-refractivity contribution in [1.82, 2.24) is 15.0 Å². The molecule has 1 aliphatic rings. The summed E-state index contributed by atoms with van der Waals surface area (Å²) in [6.07, 6.45) is 0.844. The zero-order valence-corrected chi connectivity index (χ0v) is 16.4. The molecular formula is C24H17N3O4. The SMILES string of the molecule is O=C(Cn1nnc2ccccc2c1=O)OCC(=O)c1ccc2c(c1)-c1ccccc1C2. The van der Waals surface area contributed by atoms with E-state index in [0.29, 0.717) is 16.5 Å². The molecule has 0 fully saturated rings. The van der Waals surface area contributed by atoms with Gasteiger partial charge in [0, 0.05) is 5.56 Å².